The average Bonchev–Trinajstić information content (AvgIpc) is 3.28. The van der Waals surface area contributed by atoms with Crippen molar-refractivity contribution in [1.29, 1.82) is 0 Å². The summed E-state index contributed by atoms with van der Waals surface area (Å²) >= 11 is 0. The van der Waals surface area contributed by atoms with E-state index in [-0.39, 0.29) is 12.5 Å². The maximum absolute atomic E-state index is 12.5. The van der Waals surface area contributed by atoms with Gasteiger partial charge >= 0.3 is 0 Å². The van der Waals surface area contributed by atoms with E-state index in [1.165, 1.54) is 6.42 Å². The van der Waals surface area contributed by atoms with Gasteiger partial charge in [0.2, 0.25) is 11.8 Å². The minimum absolute atomic E-state index is 0.149. The molecule has 0 radical (unpaired) electrons. The molecule has 8 heteroatoms. The molecule has 0 saturated carbocycles. The Morgan fingerprint density at radius 3 is 2.59 bits per heavy atom. The van der Waals surface area contributed by atoms with E-state index in [1.807, 2.05) is 30.1 Å². The van der Waals surface area contributed by atoms with Gasteiger partial charge in [-0.1, -0.05) is 26.3 Å². The summed E-state index contributed by atoms with van der Waals surface area (Å²) in [5.41, 5.74) is 3.50. The van der Waals surface area contributed by atoms with Crippen molar-refractivity contribution in [2.45, 2.75) is 39.5 Å². The summed E-state index contributed by atoms with van der Waals surface area (Å²) in [7, 11) is 3.42. The molecule has 8 nitrogen and oxygen atoms in total. The highest BCUT2D eigenvalue weighted by Crippen LogP contribution is 2.30. The first-order chi connectivity index (χ1) is 15.5. The molecule has 0 fully saturated rings. The number of pyridine rings is 2. The molecule has 1 aliphatic rings. The van der Waals surface area contributed by atoms with Crippen LogP contribution < -0.4 is 15.0 Å². The van der Waals surface area contributed by atoms with Crippen molar-refractivity contribution in [3.63, 3.8) is 0 Å². The summed E-state index contributed by atoms with van der Waals surface area (Å²) in [5.74, 6) is 1.73. The van der Waals surface area contributed by atoms with Crippen molar-refractivity contribution in [1.82, 2.24) is 19.9 Å². The lowest BCUT2D eigenvalue weighted by Crippen LogP contribution is -2.31. The molecule has 0 aromatic carbocycles. The van der Waals surface area contributed by atoms with Gasteiger partial charge in [0.05, 0.1) is 25.5 Å². The molecule has 0 saturated heterocycles. The van der Waals surface area contributed by atoms with Crippen LogP contribution in [0.5, 0.6) is 5.88 Å². The lowest BCUT2D eigenvalue weighted by molar-refractivity contribution is -0.114. The number of nitrogens with one attached hydrogen (secondary N) is 1. The molecule has 3 heterocycles. The Hall–Kier alpha value is -3.55. The number of nitrogens with zero attached hydrogens (tertiary/aromatic N) is 5. The molecule has 0 bridgehead atoms. The molecule has 3 aromatic heterocycles. The van der Waals surface area contributed by atoms with Crippen molar-refractivity contribution >= 4 is 17.4 Å². The number of aromatic nitrogens is 4. The van der Waals surface area contributed by atoms with Gasteiger partial charge in [-0.2, -0.15) is 0 Å². The van der Waals surface area contributed by atoms with E-state index in [4.69, 9.17) is 14.7 Å². The third-order valence-electron chi connectivity index (χ3n) is 4.78. The zero-order chi connectivity index (χ0) is 22.9. The summed E-state index contributed by atoms with van der Waals surface area (Å²) in [4.78, 5) is 32.3. The largest absolute Gasteiger partial charge is 0.481 e. The van der Waals surface area contributed by atoms with Crippen LogP contribution in [0.3, 0.4) is 0 Å². The van der Waals surface area contributed by atoms with Crippen LogP contribution in [-0.2, 0) is 17.6 Å². The minimum atomic E-state index is -0.149. The predicted octanol–water partition coefficient (Wildman–Crippen LogP) is 3.92. The Kier molecular flexibility index (Phi) is 8.08. The van der Waals surface area contributed by atoms with Crippen LogP contribution in [0.2, 0.25) is 0 Å². The van der Waals surface area contributed by atoms with Crippen LogP contribution in [0, 0.1) is 0 Å². The number of aryl methyl sites for hydroxylation is 1. The van der Waals surface area contributed by atoms with Gasteiger partial charge in [-0.15, -0.1) is 0 Å². The molecular weight excluding hydrogens is 404 g/mol. The van der Waals surface area contributed by atoms with Gasteiger partial charge in [0.1, 0.15) is 11.5 Å². The highest BCUT2D eigenvalue weighted by molar-refractivity contribution is 5.93. The third-order valence-corrected chi connectivity index (χ3v) is 4.78. The summed E-state index contributed by atoms with van der Waals surface area (Å²) in [6.45, 7) is 4.41. The lowest BCUT2D eigenvalue weighted by atomic mass is 10.2. The normalized spacial score (nSPS) is 11.8. The smallest absolute Gasteiger partial charge is 0.243 e. The van der Waals surface area contributed by atoms with Crippen LogP contribution in [0.4, 0.5) is 11.5 Å². The molecule has 0 aliphatic heterocycles. The van der Waals surface area contributed by atoms with Crippen molar-refractivity contribution in [2.75, 3.05) is 30.9 Å². The van der Waals surface area contributed by atoms with E-state index in [0.717, 1.165) is 42.0 Å². The summed E-state index contributed by atoms with van der Waals surface area (Å²) < 4.78 is 5.04. The number of hydrogen-bond donors (Lipinski definition) is 1. The van der Waals surface area contributed by atoms with Gasteiger partial charge < -0.3 is 15.0 Å². The molecule has 1 amide bonds. The molecule has 0 unspecified atom stereocenters. The minimum Gasteiger partial charge on any atom is -0.481 e. The number of fused-ring (bicyclic) bond motifs is 1. The molecule has 3 aromatic rings. The zero-order valence-corrected chi connectivity index (χ0v) is 19.1. The second kappa shape index (κ2) is 11.2. The maximum atomic E-state index is 12.5. The molecule has 32 heavy (non-hydrogen) atoms. The standard InChI is InChI=1S/C21H22N6O2.C3H8/c1-27(13-18(28)24-14-9-10-19(29-2)23-12-14)21-15-6-5-8-16(15)25-20(26-21)17-7-3-4-11-22-17;1-3-2/h3-4,7,9-12H,5-6,8,13H2,1-2H3,(H,24,28);3H2,1-2H3. The third kappa shape index (κ3) is 5.78. The van der Waals surface area contributed by atoms with Gasteiger partial charge in [-0.25, -0.2) is 15.0 Å². The number of methoxy groups -OCH3 is 1. The topological polar surface area (TPSA) is 93.1 Å². The van der Waals surface area contributed by atoms with Crippen LogP contribution in [0.1, 0.15) is 37.9 Å². The number of hydrogen-bond acceptors (Lipinski definition) is 7. The molecule has 1 aliphatic carbocycles. The van der Waals surface area contributed by atoms with Crippen LogP contribution in [0.25, 0.3) is 11.5 Å². The van der Waals surface area contributed by atoms with Gasteiger partial charge in [-0.05, 0) is 37.5 Å². The summed E-state index contributed by atoms with van der Waals surface area (Å²) in [5, 5.41) is 2.85. The van der Waals surface area contributed by atoms with Gasteiger partial charge in [-0.3, -0.25) is 9.78 Å². The SMILES string of the molecule is CCC.COc1ccc(NC(=O)CN(C)c2nc(-c3ccccn3)nc3c2CCC3)cn1. The number of amides is 1. The van der Waals surface area contributed by atoms with E-state index in [2.05, 4.69) is 29.1 Å². The van der Waals surface area contributed by atoms with Crippen LogP contribution in [-0.4, -0.2) is 46.5 Å². The van der Waals surface area contributed by atoms with E-state index in [0.29, 0.717) is 17.4 Å². The number of anilines is 2. The van der Waals surface area contributed by atoms with Gasteiger partial charge in [0, 0.05) is 30.6 Å². The Balaban J connectivity index is 0.000000913. The lowest BCUT2D eigenvalue weighted by Gasteiger charge is -2.21. The fourth-order valence-corrected chi connectivity index (χ4v) is 3.40. The Bertz CT molecular complexity index is 1020. The van der Waals surface area contributed by atoms with Crippen LogP contribution in [0.15, 0.2) is 42.7 Å². The number of carbonyl (C=O) groups excluding carboxylic acids is 1. The fourth-order valence-electron chi connectivity index (χ4n) is 3.40. The average molecular weight is 435 g/mol. The highest BCUT2D eigenvalue weighted by atomic mass is 16.5. The fraction of sp³-hybridized carbons (Fsp3) is 0.375. The molecule has 4 rings (SSSR count). The Labute approximate surface area is 189 Å². The van der Waals surface area contributed by atoms with E-state index in [9.17, 15) is 4.79 Å². The number of ether oxygens (including phenoxy) is 1. The van der Waals surface area contributed by atoms with Crippen molar-refractivity contribution in [3.05, 3.63) is 54.0 Å². The molecule has 168 valence electrons. The number of rotatable bonds is 6. The molecule has 0 spiro atoms. The van der Waals surface area contributed by atoms with E-state index in [1.54, 1.807) is 31.6 Å². The first-order valence-corrected chi connectivity index (χ1v) is 10.9. The number of likely N-dealkylation sites (N-methyl/N-ethyl adjacent to an activating group) is 1. The maximum Gasteiger partial charge on any atom is 0.243 e. The van der Waals surface area contributed by atoms with Gasteiger partial charge in [0.25, 0.3) is 0 Å². The first-order valence-electron chi connectivity index (χ1n) is 10.9. The molecule has 0 atom stereocenters. The quantitative estimate of drug-likeness (QED) is 0.628. The Morgan fingerprint density at radius 2 is 1.94 bits per heavy atom. The Morgan fingerprint density at radius 1 is 1.12 bits per heavy atom. The van der Waals surface area contributed by atoms with Crippen molar-refractivity contribution < 1.29 is 9.53 Å². The summed E-state index contributed by atoms with van der Waals surface area (Å²) in [6, 6.07) is 9.13. The number of carbonyl (C=O) groups is 1. The zero-order valence-electron chi connectivity index (χ0n) is 19.1. The van der Waals surface area contributed by atoms with Crippen molar-refractivity contribution in [2.24, 2.45) is 0 Å². The van der Waals surface area contributed by atoms with E-state index >= 15 is 0 Å². The van der Waals surface area contributed by atoms with Gasteiger partial charge in [0.15, 0.2) is 5.82 Å². The highest BCUT2D eigenvalue weighted by Gasteiger charge is 2.23. The van der Waals surface area contributed by atoms with Crippen molar-refractivity contribution in [3.8, 4) is 17.4 Å². The molecular formula is C24H30N6O2. The summed E-state index contributed by atoms with van der Waals surface area (Å²) in [6.07, 6.45) is 7.42. The van der Waals surface area contributed by atoms with E-state index < -0.39 is 0 Å². The predicted molar refractivity (Wildman–Crippen MR) is 126 cm³/mol. The second-order valence-corrected chi connectivity index (χ2v) is 7.57. The van der Waals surface area contributed by atoms with Crippen LogP contribution >= 0.6 is 0 Å². The first kappa shape index (κ1) is 23.1. The second-order valence-electron chi connectivity index (χ2n) is 7.57. The molecule has 1 N–H and O–H groups in total. The monoisotopic (exact) mass is 434 g/mol.